The van der Waals surface area contributed by atoms with Gasteiger partial charge in [-0.05, 0) is 39.3 Å². The lowest BCUT2D eigenvalue weighted by molar-refractivity contribution is 0.405. The zero-order valence-electron chi connectivity index (χ0n) is 10.1. The molecule has 1 saturated heterocycles. The highest BCUT2D eigenvalue weighted by molar-refractivity contribution is 4.93. The van der Waals surface area contributed by atoms with Crippen molar-refractivity contribution in [3.8, 4) is 0 Å². The first-order valence-corrected chi connectivity index (χ1v) is 6.08. The predicted molar refractivity (Wildman–Crippen MR) is 63.1 cm³/mol. The molecule has 2 atom stereocenters. The quantitative estimate of drug-likeness (QED) is 0.788. The minimum atomic E-state index is 0.274. The van der Waals surface area contributed by atoms with Crippen LogP contribution in [0.4, 0.5) is 0 Å². The molecule has 1 aromatic heterocycles. The summed E-state index contributed by atoms with van der Waals surface area (Å²) in [6, 6.07) is 0.872. The third-order valence-electron chi connectivity index (χ3n) is 3.20. The molecule has 2 heterocycles. The van der Waals surface area contributed by atoms with Crippen molar-refractivity contribution in [2.75, 3.05) is 13.1 Å². The number of nitrogens with zero attached hydrogens (tertiary/aromatic N) is 3. The van der Waals surface area contributed by atoms with Gasteiger partial charge in [0.1, 0.15) is 12.2 Å². The molecule has 1 aliphatic heterocycles. The average molecular weight is 223 g/mol. The fraction of sp³-hybridized carbons (Fsp3) is 0.818. The Kier molecular flexibility index (Phi) is 3.90. The van der Waals surface area contributed by atoms with E-state index in [2.05, 4.69) is 27.8 Å². The van der Waals surface area contributed by atoms with Crippen LogP contribution < -0.4 is 10.6 Å². The van der Waals surface area contributed by atoms with Crippen LogP contribution in [-0.2, 0) is 7.05 Å². The van der Waals surface area contributed by atoms with Crippen LogP contribution in [0.5, 0.6) is 0 Å². The molecule has 0 aliphatic carbocycles. The first kappa shape index (κ1) is 11.5. The van der Waals surface area contributed by atoms with Gasteiger partial charge in [0.25, 0.3) is 0 Å². The lowest BCUT2D eigenvalue weighted by Crippen LogP contribution is -2.33. The summed E-state index contributed by atoms with van der Waals surface area (Å²) in [5.41, 5.74) is 0. The van der Waals surface area contributed by atoms with Crippen LogP contribution in [0.25, 0.3) is 0 Å². The van der Waals surface area contributed by atoms with E-state index in [4.69, 9.17) is 0 Å². The van der Waals surface area contributed by atoms with Crippen LogP contribution in [-0.4, -0.2) is 33.9 Å². The smallest absolute Gasteiger partial charge is 0.149 e. The molecule has 2 N–H and O–H groups in total. The van der Waals surface area contributed by atoms with Crippen molar-refractivity contribution in [2.45, 2.75) is 38.3 Å². The summed E-state index contributed by atoms with van der Waals surface area (Å²) in [6.07, 6.45) is 5.45. The maximum atomic E-state index is 4.14. The van der Waals surface area contributed by atoms with Gasteiger partial charge in [-0.15, -0.1) is 10.2 Å². The number of aromatic nitrogens is 3. The van der Waals surface area contributed by atoms with Crippen LogP contribution >= 0.6 is 0 Å². The van der Waals surface area contributed by atoms with Gasteiger partial charge in [-0.2, -0.15) is 0 Å². The fourth-order valence-corrected chi connectivity index (χ4v) is 2.30. The fourth-order valence-electron chi connectivity index (χ4n) is 2.30. The van der Waals surface area contributed by atoms with E-state index in [9.17, 15) is 0 Å². The van der Waals surface area contributed by atoms with E-state index in [1.165, 1.54) is 19.3 Å². The minimum Gasteiger partial charge on any atom is -0.319 e. The highest BCUT2D eigenvalue weighted by atomic mass is 15.3. The van der Waals surface area contributed by atoms with Crippen molar-refractivity contribution >= 4 is 0 Å². The third kappa shape index (κ3) is 2.80. The SMILES string of the molecule is CC(NC1CCCNCC1)c1nncn1C. The highest BCUT2D eigenvalue weighted by Crippen LogP contribution is 2.13. The summed E-state index contributed by atoms with van der Waals surface area (Å²) in [6.45, 7) is 4.42. The molecule has 2 rings (SSSR count). The van der Waals surface area contributed by atoms with Gasteiger partial charge in [0, 0.05) is 13.1 Å². The topological polar surface area (TPSA) is 54.8 Å². The summed E-state index contributed by atoms with van der Waals surface area (Å²) in [5, 5.41) is 15.1. The van der Waals surface area contributed by atoms with Gasteiger partial charge in [-0.25, -0.2) is 0 Å². The molecule has 0 aromatic carbocycles. The predicted octanol–water partition coefficient (Wildman–Crippen LogP) is 0.608. The molecule has 2 unspecified atom stereocenters. The number of hydrogen-bond acceptors (Lipinski definition) is 4. The monoisotopic (exact) mass is 223 g/mol. The summed E-state index contributed by atoms with van der Waals surface area (Å²) >= 11 is 0. The average Bonchev–Trinajstić information content (AvgIpc) is 2.53. The van der Waals surface area contributed by atoms with Crippen LogP contribution in [0.3, 0.4) is 0 Å². The summed E-state index contributed by atoms with van der Waals surface area (Å²) < 4.78 is 1.98. The van der Waals surface area contributed by atoms with Gasteiger partial charge in [-0.3, -0.25) is 0 Å². The van der Waals surface area contributed by atoms with E-state index in [0.29, 0.717) is 6.04 Å². The number of nitrogens with one attached hydrogen (secondary N) is 2. The van der Waals surface area contributed by atoms with E-state index in [1.54, 1.807) is 6.33 Å². The van der Waals surface area contributed by atoms with Gasteiger partial charge in [0.05, 0.1) is 6.04 Å². The Morgan fingerprint density at radius 3 is 3.12 bits per heavy atom. The van der Waals surface area contributed by atoms with Gasteiger partial charge in [0.2, 0.25) is 0 Å². The van der Waals surface area contributed by atoms with Gasteiger partial charge >= 0.3 is 0 Å². The first-order chi connectivity index (χ1) is 7.77. The Morgan fingerprint density at radius 1 is 1.50 bits per heavy atom. The van der Waals surface area contributed by atoms with E-state index in [1.807, 2.05) is 11.6 Å². The van der Waals surface area contributed by atoms with Gasteiger partial charge in [0.15, 0.2) is 0 Å². The minimum absolute atomic E-state index is 0.274. The summed E-state index contributed by atoms with van der Waals surface area (Å²) in [4.78, 5) is 0. The van der Waals surface area contributed by atoms with Crippen LogP contribution in [0.2, 0.25) is 0 Å². The lowest BCUT2D eigenvalue weighted by Gasteiger charge is -2.21. The van der Waals surface area contributed by atoms with Crippen molar-refractivity contribution in [1.29, 1.82) is 0 Å². The Morgan fingerprint density at radius 2 is 2.38 bits per heavy atom. The van der Waals surface area contributed by atoms with Crippen molar-refractivity contribution in [3.05, 3.63) is 12.2 Å². The molecule has 0 spiro atoms. The molecule has 1 fully saturated rings. The van der Waals surface area contributed by atoms with E-state index >= 15 is 0 Å². The van der Waals surface area contributed by atoms with Crippen molar-refractivity contribution in [1.82, 2.24) is 25.4 Å². The molecule has 0 saturated carbocycles. The lowest BCUT2D eigenvalue weighted by atomic mass is 10.1. The molecule has 0 radical (unpaired) electrons. The van der Waals surface area contributed by atoms with Gasteiger partial charge in [-0.1, -0.05) is 0 Å². The van der Waals surface area contributed by atoms with Crippen LogP contribution in [0.1, 0.15) is 38.1 Å². The molecule has 1 aromatic rings. The molecule has 5 nitrogen and oxygen atoms in total. The van der Waals surface area contributed by atoms with Crippen LogP contribution in [0.15, 0.2) is 6.33 Å². The summed E-state index contributed by atoms with van der Waals surface area (Å²) in [7, 11) is 1.99. The van der Waals surface area contributed by atoms with Crippen molar-refractivity contribution in [2.24, 2.45) is 7.05 Å². The number of rotatable bonds is 3. The molecule has 5 heteroatoms. The number of aryl methyl sites for hydroxylation is 1. The molecular formula is C11H21N5. The Bertz CT molecular complexity index is 314. The zero-order valence-corrected chi connectivity index (χ0v) is 10.1. The van der Waals surface area contributed by atoms with E-state index in [-0.39, 0.29) is 6.04 Å². The Hall–Kier alpha value is -0.940. The molecular weight excluding hydrogens is 202 g/mol. The summed E-state index contributed by atoms with van der Waals surface area (Å²) in [5.74, 6) is 1.01. The molecule has 90 valence electrons. The van der Waals surface area contributed by atoms with Crippen molar-refractivity contribution < 1.29 is 0 Å². The van der Waals surface area contributed by atoms with E-state index < -0.39 is 0 Å². The standard InChI is InChI=1S/C11H21N5/c1-9(11-15-13-8-16(11)2)14-10-4-3-6-12-7-5-10/h8-10,12,14H,3-7H2,1-2H3. The zero-order chi connectivity index (χ0) is 11.4. The van der Waals surface area contributed by atoms with E-state index in [0.717, 1.165) is 18.9 Å². The van der Waals surface area contributed by atoms with Crippen LogP contribution in [0, 0.1) is 0 Å². The van der Waals surface area contributed by atoms with Crippen molar-refractivity contribution in [3.63, 3.8) is 0 Å². The first-order valence-electron chi connectivity index (χ1n) is 6.08. The second-order valence-corrected chi connectivity index (χ2v) is 4.57. The molecule has 0 amide bonds. The number of hydrogen-bond donors (Lipinski definition) is 2. The Labute approximate surface area is 96.6 Å². The Balaban J connectivity index is 1.91. The third-order valence-corrected chi connectivity index (χ3v) is 3.20. The highest BCUT2D eigenvalue weighted by Gasteiger charge is 2.17. The largest absolute Gasteiger partial charge is 0.319 e. The van der Waals surface area contributed by atoms with Gasteiger partial charge < -0.3 is 15.2 Å². The molecule has 1 aliphatic rings. The molecule has 0 bridgehead atoms. The second-order valence-electron chi connectivity index (χ2n) is 4.57. The maximum Gasteiger partial charge on any atom is 0.149 e. The molecule has 16 heavy (non-hydrogen) atoms. The normalized spacial score (nSPS) is 24.0. The maximum absolute atomic E-state index is 4.14. The second kappa shape index (κ2) is 5.41.